The van der Waals surface area contributed by atoms with Crippen molar-refractivity contribution in [3.63, 3.8) is 0 Å². The third kappa shape index (κ3) is 10.9. The Morgan fingerprint density at radius 2 is 1.26 bits per heavy atom. The summed E-state index contributed by atoms with van der Waals surface area (Å²) >= 11 is 0. The van der Waals surface area contributed by atoms with Crippen molar-refractivity contribution in [2.75, 3.05) is 6.61 Å². The van der Waals surface area contributed by atoms with Crippen molar-refractivity contribution in [3.8, 4) is 0 Å². The summed E-state index contributed by atoms with van der Waals surface area (Å²) < 4.78 is 0. The standard InChI is InChI=1S/C17H29N5O9/c1-7(2)3-8(18)14(27)20-10(5-13(25)26)16(29)21-9(4-12(19)24)15(28)22-11(6-23)17(30)31/h7-11,23H,3-6,18H2,1-2H3,(H2,19,24)(H,20,27)(H,21,29)(H,22,28)(H,25,26)(H,30,31). The lowest BCUT2D eigenvalue weighted by atomic mass is 10.0. The number of hydrogen-bond acceptors (Lipinski definition) is 8. The van der Waals surface area contributed by atoms with Crippen molar-refractivity contribution in [3.05, 3.63) is 0 Å². The molecule has 0 saturated heterocycles. The molecule has 4 amide bonds. The predicted molar refractivity (Wildman–Crippen MR) is 104 cm³/mol. The van der Waals surface area contributed by atoms with Crippen LogP contribution in [0.25, 0.3) is 0 Å². The van der Waals surface area contributed by atoms with E-state index < -0.39 is 79.2 Å². The maximum Gasteiger partial charge on any atom is 0.328 e. The molecule has 0 spiro atoms. The summed E-state index contributed by atoms with van der Waals surface area (Å²) in [4.78, 5) is 70.2. The molecule has 4 unspecified atom stereocenters. The average Bonchev–Trinajstić information content (AvgIpc) is 2.62. The van der Waals surface area contributed by atoms with Crippen LogP contribution in [0.4, 0.5) is 0 Å². The Morgan fingerprint density at radius 1 is 0.806 bits per heavy atom. The van der Waals surface area contributed by atoms with Crippen LogP contribution in [0.15, 0.2) is 0 Å². The predicted octanol–water partition coefficient (Wildman–Crippen LogP) is -3.76. The third-order valence-corrected chi connectivity index (χ3v) is 3.91. The van der Waals surface area contributed by atoms with Crippen LogP contribution in [0.3, 0.4) is 0 Å². The zero-order valence-electron chi connectivity index (χ0n) is 17.2. The molecule has 0 aliphatic rings. The number of nitrogens with one attached hydrogen (secondary N) is 3. The van der Waals surface area contributed by atoms with Crippen LogP contribution in [-0.4, -0.2) is 81.7 Å². The highest BCUT2D eigenvalue weighted by atomic mass is 16.4. The summed E-state index contributed by atoms with van der Waals surface area (Å²) in [6.07, 6.45) is -1.35. The lowest BCUT2D eigenvalue weighted by Gasteiger charge is -2.24. The Morgan fingerprint density at radius 3 is 1.65 bits per heavy atom. The second-order valence-corrected chi connectivity index (χ2v) is 7.21. The van der Waals surface area contributed by atoms with Crippen molar-refractivity contribution < 1.29 is 44.1 Å². The van der Waals surface area contributed by atoms with Gasteiger partial charge in [0, 0.05) is 0 Å². The van der Waals surface area contributed by atoms with Gasteiger partial charge >= 0.3 is 11.9 Å². The van der Waals surface area contributed by atoms with E-state index in [0.717, 1.165) is 0 Å². The molecular weight excluding hydrogens is 418 g/mol. The van der Waals surface area contributed by atoms with Crippen LogP contribution in [0.5, 0.6) is 0 Å². The van der Waals surface area contributed by atoms with E-state index in [0.29, 0.717) is 0 Å². The van der Waals surface area contributed by atoms with Gasteiger partial charge in [0.05, 0.1) is 25.5 Å². The smallest absolute Gasteiger partial charge is 0.328 e. The minimum atomic E-state index is -1.72. The molecule has 4 atom stereocenters. The molecule has 0 aromatic carbocycles. The van der Waals surface area contributed by atoms with E-state index in [4.69, 9.17) is 26.8 Å². The maximum atomic E-state index is 12.5. The summed E-state index contributed by atoms with van der Waals surface area (Å²) in [7, 11) is 0. The molecule has 31 heavy (non-hydrogen) atoms. The van der Waals surface area contributed by atoms with Crippen LogP contribution in [-0.2, 0) is 28.8 Å². The molecule has 0 aromatic heterocycles. The molecule has 0 aliphatic carbocycles. The number of carboxylic acid groups (broad SMARTS) is 2. The fraction of sp³-hybridized carbons (Fsp3) is 0.647. The normalized spacial score (nSPS) is 14.6. The van der Waals surface area contributed by atoms with E-state index in [1.165, 1.54) is 0 Å². The van der Waals surface area contributed by atoms with E-state index in [9.17, 15) is 28.8 Å². The monoisotopic (exact) mass is 447 g/mol. The second-order valence-electron chi connectivity index (χ2n) is 7.21. The van der Waals surface area contributed by atoms with Crippen molar-refractivity contribution in [2.45, 2.75) is 57.3 Å². The van der Waals surface area contributed by atoms with Crippen molar-refractivity contribution in [2.24, 2.45) is 17.4 Å². The highest BCUT2D eigenvalue weighted by Crippen LogP contribution is 2.04. The first-order valence-electron chi connectivity index (χ1n) is 9.28. The van der Waals surface area contributed by atoms with Crippen LogP contribution in [0.1, 0.15) is 33.1 Å². The zero-order chi connectivity index (χ0) is 24.3. The molecule has 0 heterocycles. The largest absolute Gasteiger partial charge is 0.481 e. The van der Waals surface area contributed by atoms with Gasteiger partial charge in [0.15, 0.2) is 0 Å². The van der Waals surface area contributed by atoms with E-state index in [1.807, 2.05) is 5.32 Å². The molecule has 0 aliphatic heterocycles. The molecule has 0 saturated carbocycles. The number of nitrogens with two attached hydrogens (primary N) is 2. The molecule has 0 aromatic rings. The highest BCUT2D eigenvalue weighted by Gasteiger charge is 2.32. The fourth-order valence-electron chi connectivity index (χ4n) is 2.42. The first kappa shape index (κ1) is 27.7. The fourth-order valence-corrected chi connectivity index (χ4v) is 2.42. The van der Waals surface area contributed by atoms with Gasteiger partial charge in [-0.2, -0.15) is 0 Å². The first-order chi connectivity index (χ1) is 14.3. The topological polar surface area (TPSA) is 251 Å². The summed E-state index contributed by atoms with van der Waals surface area (Å²) in [6.45, 7) is 2.64. The van der Waals surface area contributed by atoms with Crippen LogP contribution < -0.4 is 27.4 Å². The van der Waals surface area contributed by atoms with Crippen molar-refractivity contribution in [1.29, 1.82) is 0 Å². The van der Waals surface area contributed by atoms with Gasteiger partial charge in [-0.15, -0.1) is 0 Å². The van der Waals surface area contributed by atoms with Gasteiger partial charge in [-0.1, -0.05) is 13.8 Å². The van der Waals surface area contributed by atoms with Gasteiger partial charge in [-0.05, 0) is 12.3 Å². The maximum absolute atomic E-state index is 12.5. The van der Waals surface area contributed by atoms with E-state index >= 15 is 0 Å². The van der Waals surface area contributed by atoms with Gasteiger partial charge in [0.2, 0.25) is 23.6 Å². The van der Waals surface area contributed by atoms with Gasteiger partial charge in [0.1, 0.15) is 18.1 Å². The van der Waals surface area contributed by atoms with Crippen molar-refractivity contribution in [1.82, 2.24) is 16.0 Å². The molecule has 0 bridgehead atoms. The molecule has 14 heteroatoms. The van der Waals surface area contributed by atoms with E-state index in [2.05, 4.69) is 10.6 Å². The number of carbonyl (C=O) groups excluding carboxylic acids is 4. The van der Waals surface area contributed by atoms with Gasteiger partial charge in [0.25, 0.3) is 0 Å². The van der Waals surface area contributed by atoms with Crippen LogP contribution in [0.2, 0.25) is 0 Å². The van der Waals surface area contributed by atoms with Crippen molar-refractivity contribution >= 4 is 35.6 Å². The Bertz CT molecular complexity index is 697. The number of amides is 4. The van der Waals surface area contributed by atoms with E-state index in [1.54, 1.807) is 13.8 Å². The Balaban J connectivity index is 5.45. The summed E-state index contributed by atoms with van der Waals surface area (Å²) in [5.41, 5.74) is 10.8. The third-order valence-electron chi connectivity index (χ3n) is 3.91. The molecule has 0 fully saturated rings. The van der Waals surface area contributed by atoms with Crippen LogP contribution >= 0.6 is 0 Å². The van der Waals surface area contributed by atoms with E-state index in [-0.39, 0.29) is 12.3 Å². The minimum absolute atomic E-state index is 0.0462. The molecule has 176 valence electrons. The number of rotatable bonds is 14. The second kappa shape index (κ2) is 13.1. The molecule has 14 nitrogen and oxygen atoms in total. The number of hydrogen-bond donors (Lipinski definition) is 8. The first-order valence-corrected chi connectivity index (χ1v) is 9.28. The number of aliphatic hydroxyl groups excluding tert-OH is 1. The molecule has 0 radical (unpaired) electrons. The van der Waals surface area contributed by atoms with Crippen LogP contribution in [0, 0.1) is 5.92 Å². The zero-order valence-corrected chi connectivity index (χ0v) is 17.2. The molecule has 10 N–H and O–H groups in total. The number of carboxylic acids is 2. The molecule has 0 rings (SSSR count). The Kier molecular flexibility index (Phi) is 11.7. The number of aliphatic carboxylic acids is 2. The lowest BCUT2D eigenvalue weighted by Crippen LogP contribution is -2.58. The summed E-state index contributed by atoms with van der Waals surface area (Å²) in [5.74, 6) is -7.10. The average molecular weight is 447 g/mol. The minimum Gasteiger partial charge on any atom is -0.481 e. The highest BCUT2D eigenvalue weighted by molar-refractivity contribution is 5.97. The quantitative estimate of drug-likeness (QED) is 0.129. The van der Waals surface area contributed by atoms with Gasteiger partial charge < -0.3 is 42.7 Å². The summed E-state index contributed by atoms with van der Waals surface area (Å²) in [6, 6.07) is -6.06. The Labute approximate surface area is 177 Å². The Hall–Kier alpha value is -3.26. The number of carbonyl (C=O) groups is 6. The van der Waals surface area contributed by atoms with Gasteiger partial charge in [-0.3, -0.25) is 24.0 Å². The van der Waals surface area contributed by atoms with Gasteiger partial charge in [-0.25, -0.2) is 4.79 Å². The number of aliphatic hydroxyl groups is 1. The number of primary amides is 1. The molecular formula is C17H29N5O9. The SMILES string of the molecule is CC(C)CC(N)C(=O)NC(CC(=O)O)C(=O)NC(CC(N)=O)C(=O)NC(CO)C(=O)O. The summed E-state index contributed by atoms with van der Waals surface area (Å²) in [5, 5.41) is 33.1. The lowest BCUT2D eigenvalue weighted by molar-refractivity contribution is -0.144.